The van der Waals surface area contributed by atoms with Gasteiger partial charge >= 0.3 is 0 Å². The third kappa shape index (κ3) is 4.25. The van der Waals surface area contributed by atoms with Gasteiger partial charge in [0, 0.05) is 23.8 Å². The zero-order valence-electron chi connectivity index (χ0n) is 18.6. The van der Waals surface area contributed by atoms with Gasteiger partial charge in [-0.3, -0.25) is 9.59 Å². The molecule has 2 fully saturated rings. The van der Waals surface area contributed by atoms with Crippen LogP contribution in [-0.2, 0) is 9.53 Å². The Morgan fingerprint density at radius 3 is 2.76 bits per heavy atom. The van der Waals surface area contributed by atoms with Crippen molar-refractivity contribution in [2.75, 3.05) is 24.7 Å². The summed E-state index contributed by atoms with van der Waals surface area (Å²) in [7, 11) is 0. The van der Waals surface area contributed by atoms with Gasteiger partial charge in [-0.1, -0.05) is 6.07 Å². The zero-order valence-corrected chi connectivity index (χ0v) is 18.6. The van der Waals surface area contributed by atoms with Crippen LogP contribution in [0.3, 0.4) is 0 Å². The zero-order chi connectivity index (χ0) is 23.7. The maximum atomic E-state index is 13.0. The number of aromatic amines is 1. The van der Waals surface area contributed by atoms with Crippen molar-refractivity contribution in [3.05, 3.63) is 59.2 Å². The first kappa shape index (κ1) is 22.1. The second-order valence-corrected chi connectivity index (χ2v) is 8.69. The van der Waals surface area contributed by atoms with Crippen LogP contribution in [0.5, 0.6) is 0 Å². The minimum absolute atomic E-state index is 0.0595. The number of aromatic nitrogens is 2. The van der Waals surface area contributed by atoms with E-state index in [1.807, 2.05) is 28.8 Å². The number of H-pyrrole nitrogens is 1. The number of ether oxygens (including phenoxy) is 1. The highest BCUT2D eigenvalue weighted by atomic mass is 16.5. The molecule has 2 aliphatic rings. The summed E-state index contributed by atoms with van der Waals surface area (Å²) in [5, 5.41) is 19.1. The average Bonchev–Trinajstić information content (AvgIpc) is 3.21. The van der Waals surface area contributed by atoms with Crippen LogP contribution in [-0.4, -0.2) is 52.3 Å². The summed E-state index contributed by atoms with van der Waals surface area (Å²) in [5.74, 6) is -0.541. The molecule has 0 bridgehead atoms. The molecule has 0 unspecified atom stereocenters. The number of hydrogen-bond donors (Lipinski definition) is 2. The monoisotopic (exact) mass is 459 g/mol. The largest absolute Gasteiger partial charge is 0.393 e. The van der Waals surface area contributed by atoms with Gasteiger partial charge in [-0.15, -0.1) is 0 Å². The summed E-state index contributed by atoms with van der Waals surface area (Å²) < 4.78 is 7.26. The molecule has 1 aromatic heterocycles. The molecule has 1 aliphatic carbocycles. The number of hydrogen-bond acceptors (Lipinski definition) is 5. The lowest BCUT2D eigenvalue weighted by molar-refractivity contribution is -0.125. The van der Waals surface area contributed by atoms with Gasteiger partial charge in [0.25, 0.3) is 11.8 Å². The topological polar surface area (TPSA) is 124 Å². The lowest BCUT2D eigenvalue weighted by atomic mass is 9.93. The Kier molecular flexibility index (Phi) is 6.01. The SMILES string of the molecule is N#Cc1cccc(C(=O)/N=c2\[nH]c3cc(N4CCOCC4=O)ccc3n2[C@H]2CC[C@H](O)CC2)c1. The van der Waals surface area contributed by atoms with E-state index in [0.717, 1.165) is 29.6 Å². The van der Waals surface area contributed by atoms with Crippen LogP contribution in [0.25, 0.3) is 11.0 Å². The lowest BCUT2D eigenvalue weighted by Gasteiger charge is -2.28. The summed E-state index contributed by atoms with van der Waals surface area (Å²) in [6, 6.07) is 14.3. The number of carbonyl (C=O) groups excluding carboxylic acids is 2. The molecule has 3 aromatic rings. The standard InChI is InChI=1S/C25H25N5O4/c26-14-16-2-1-3-17(12-16)24(33)28-25-27-21-13-19(29-10-11-34-15-23(29)32)6-9-22(21)30(25)18-4-7-20(31)8-5-18/h1-3,6,9,12-13,18,20,31H,4-5,7-8,10-11,15H2,(H,27,28,33)/t18-,20-. The maximum Gasteiger partial charge on any atom is 0.280 e. The van der Waals surface area contributed by atoms with Gasteiger partial charge < -0.3 is 24.3 Å². The van der Waals surface area contributed by atoms with E-state index in [1.165, 1.54) is 6.07 Å². The van der Waals surface area contributed by atoms with Crippen LogP contribution in [0.1, 0.15) is 47.6 Å². The van der Waals surface area contributed by atoms with Gasteiger partial charge in [-0.25, -0.2) is 0 Å². The first-order valence-corrected chi connectivity index (χ1v) is 11.4. The van der Waals surface area contributed by atoms with Crippen molar-refractivity contribution in [1.82, 2.24) is 9.55 Å². The number of nitrogens with zero attached hydrogens (tertiary/aromatic N) is 4. The number of morpholine rings is 1. The van der Waals surface area contributed by atoms with E-state index in [-0.39, 0.29) is 24.7 Å². The molecule has 9 heteroatoms. The van der Waals surface area contributed by atoms with Gasteiger partial charge in [0.05, 0.1) is 35.4 Å². The van der Waals surface area contributed by atoms with Crippen molar-refractivity contribution in [3.63, 3.8) is 0 Å². The molecule has 0 spiro atoms. The van der Waals surface area contributed by atoms with Gasteiger partial charge in [0.2, 0.25) is 5.62 Å². The molecule has 0 radical (unpaired) electrons. The van der Waals surface area contributed by atoms with Crippen molar-refractivity contribution in [3.8, 4) is 6.07 Å². The van der Waals surface area contributed by atoms with Crippen LogP contribution in [0.2, 0.25) is 0 Å². The number of carbonyl (C=O) groups is 2. The molecule has 0 atom stereocenters. The van der Waals surface area contributed by atoms with Crippen molar-refractivity contribution < 1.29 is 19.4 Å². The van der Waals surface area contributed by atoms with E-state index in [9.17, 15) is 14.7 Å². The Morgan fingerprint density at radius 1 is 1.18 bits per heavy atom. The fraction of sp³-hybridized carbons (Fsp3) is 0.360. The number of fused-ring (bicyclic) bond motifs is 1. The predicted octanol–water partition coefficient (Wildman–Crippen LogP) is 2.42. The molecule has 174 valence electrons. The Morgan fingerprint density at radius 2 is 2.00 bits per heavy atom. The van der Waals surface area contributed by atoms with Crippen molar-refractivity contribution in [1.29, 1.82) is 5.26 Å². The predicted molar refractivity (Wildman–Crippen MR) is 124 cm³/mol. The minimum Gasteiger partial charge on any atom is -0.393 e. The third-order valence-electron chi connectivity index (χ3n) is 6.49. The van der Waals surface area contributed by atoms with Crippen LogP contribution in [0, 0.1) is 11.3 Å². The van der Waals surface area contributed by atoms with Gasteiger partial charge in [0.15, 0.2) is 0 Å². The van der Waals surface area contributed by atoms with Crippen LogP contribution < -0.4 is 10.5 Å². The average molecular weight is 460 g/mol. The van der Waals surface area contributed by atoms with E-state index in [2.05, 4.69) is 9.98 Å². The second kappa shape index (κ2) is 9.25. The smallest absolute Gasteiger partial charge is 0.280 e. The maximum absolute atomic E-state index is 13.0. The second-order valence-electron chi connectivity index (χ2n) is 8.69. The number of benzene rings is 2. The number of aliphatic hydroxyl groups excluding tert-OH is 1. The first-order chi connectivity index (χ1) is 16.5. The van der Waals surface area contributed by atoms with E-state index < -0.39 is 5.91 Å². The molecular weight excluding hydrogens is 434 g/mol. The third-order valence-corrected chi connectivity index (χ3v) is 6.49. The quantitative estimate of drug-likeness (QED) is 0.623. The summed E-state index contributed by atoms with van der Waals surface area (Å²) in [6.07, 6.45) is 2.59. The Labute approximate surface area is 195 Å². The number of nitrogens with one attached hydrogen (secondary N) is 1. The molecule has 2 aromatic carbocycles. The molecule has 1 saturated heterocycles. The number of imidazole rings is 1. The fourth-order valence-electron chi connectivity index (χ4n) is 4.74. The van der Waals surface area contributed by atoms with Gasteiger partial charge in [0.1, 0.15) is 6.61 Å². The Balaban J connectivity index is 1.60. The number of rotatable bonds is 3. The van der Waals surface area contributed by atoms with Crippen molar-refractivity contribution in [2.45, 2.75) is 37.8 Å². The van der Waals surface area contributed by atoms with Crippen LogP contribution >= 0.6 is 0 Å². The molecular formula is C25H25N5O4. The summed E-state index contributed by atoms with van der Waals surface area (Å²) in [4.78, 5) is 34.7. The Hall–Kier alpha value is -3.74. The van der Waals surface area contributed by atoms with E-state index >= 15 is 0 Å². The van der Waals surface area contributed by atoms with E-state index in [1.54, 1.807) is 23.1 Å². The summed E-state index contributed by atoms with van der Waals surface area (Å²) in [6.45, 7) is 1.02. The van der Waals surface area contributed by atoms with Crippen molar-refractivity contribution in [2.24, 2.45) is 4.99 Å². The lowest BCUT2D eigenvalue weighted by Crippen LogP contribution is -2.41. The highest BCUT2D eigenvalue weighted by Crippen LogP contribution is 2.31. The number of amides is 2. The molecule has 1 saturated carbocycles. The first-order valence-electron chi connectivity index (χ1n) is 11.4. The molecule has 34 heavy (non-hydrogen) atoms. The summed E-state index contributed by atoms with van der Waals surface area (Å²) in [5.41, 5.74) is 3.54. The molecule has 2 heterocycles. The Bertz CT molecular complexity index is 1360. The number of aliphatic hydroxyl groups is 1. The van der Waals surface area contributed by atoms with Gasteiger partial charge in [-0.05, 0) is 62.1 Å². The minimum atomic E-state index is -0.447. The van der Waals surface area contributed by atoms with Crippen LogP contribution in [0.15, 0.2) is 47.5 Å². The summed E-state index contributed by atoms with van der Waals surface area (Å²) >= 11 is 0. The van der Waals surface area contributed by atoms with Gasteiger partial charge in [-0.2, -0.15) is 10.3 Å². The molecule has 2 amide bonds. The molecule has 9 nitrogen and oxygen atoms in total. The van der Waals surface area contributed by atoms with E-state index in [0.29, 0.717) is 42.7 Å². The van der Waals surface area contributed by atoms with E-state index in [4.69, 9.17) is 10.00 Å². The molecule has 5 rings (SSSR count). The number of anilines is 1. The van der Waals surface area contributed by atoms with Crippen molar-refractivity contribution >= 4 is 28.5 Å². The normalized spacial score (nSPS) is 21.6. The highest BCUT2D eigenvalue weighted by molar-refractivity contribution is 5.97. The fourth-order valence-corrected chi connectivity index (χ4v) is 4.74. The molecule has 1 aliphatic heterocycles. The van der Waals surface area contributed by atoms with Crippen LogP contribution in [0.4, 0.5) is 5.69 Å². The highest BCUT2D eigenvalue weighted by Gasteiger charge is 2.25. The number of nitriles is 1. The molecule has 2 N–H and O–H groups in total.